The number of aliphatic hydroxyl groups excluding tert-OH is 3. The van der Waals surface area contributed by atoms with E-state index >= 15 is 0 Å². The van der Waals surface area contributed by atoms with Gasteiger partial charge in [0.15, 0.2) is 0 Å². The molecule has 0 aliphatic rings. The van der Waals surface area contributed by atoms with Gasteiger partial charge in [-0.05, 0) is 0 Å². The van der Waals surface area contributed by atoms with Gasteiger partial charge in [0.05, 0.1) is 6.61 Å². The Morgan fingerprint density at radius 1 is 0.684 bits per heavy atom. The summed E-state index contributed by atoms with van der Waals surface area (Å²) in [6.07, 6.45) is 0. The van der Waals surface area contributed by atoms with E-state index in [1.807, 2.05) is 0 Å². The van der Waals surface area contributed by atoms with E-state index in [0.29, 0.717) is 24.4 Å². The van der Waals surface area contributed by atoms with Gasteiger partial charge in [-0.3, -0.25) is 0 Å². The van der Waals surface area contributed by atoms with Crippen LogP contribution in [-0.2, 0) is 25.8 Å². The smallest absolute Gasteiger partial charge is 0.0241 e. The minimum Gasteiger partial charge on any atom is -0.676 e. The molecule has 7 N–H and O–H groups in total. The van der Waals surface area contributed by atoms with E-state index < -0.39 is 14.6 Å². The number of rotatable bonds is 4. The van der Waals surface area contributed by atoms with Crippen LogP contribution in [0.1, 0.15) is 14.9 Å². The molecule has 0 heterocycles. The fraction of sp³-hybridized carbons (Fsp3) is 1.00. The summed E-state index contributed by atoms with van der Waals surface area (Å²) in [5.74, 6) is 0. The molecule has 0 aromatic carbocycles. The van der Waals surface area contributed by atoms with Crippen molar-refractivity contribution in [3.05, 3.63) is 11.5 Å². The molecule has 0 saturated heterocycles. The van der Waals surface area contributed by atoms with Gasteiger partial charge >= 0.3 is 446 Å². The van der Waals surface area contributed by atoms with Crippen LogP contribution >= 0.6 is 231 Å². The summed E-state index contributed by atoms with van der Waals surface area (Å²) in [4.78, 5) is 0. The summed E-state index contributed by atoms with van der Waals surface area (Å²) in [7, 11) is 20.0. The fourth-order valence-electron chi connectivity index (χ4n) is 0. The number of aliphatic hydroxyl groups is 3. The third-order valence-electron chi connectivity index (χ3n) is 0.341. The van der Waals surface area contributed by atoms with E-state index in [1.165, 1.54) is 189 Å². The molecular formula is C8H27Cl4I10K6N3O3Pt4. The Labute approximate surface area is 509 Å². The summed E-state index contributed by atoms with van der Waals surface area (Å²) in [6.45, 7) is 0.990. The van der Waals surface area contributed by atoms with Crippen molar-refractivity contribution in [1.82, 2.24) is 0 Å². The van der Waals surface area contributed by atoms with Crippen molar-refractivity contribution in [3.63, 3.8) is 0 Å². The Balaban J connectivity index is -0.0000000210. The van der Waals surface area contributed by atoms with E-state index in [-0.39, 0.29) is 41.2 Å². The quantitative estimate of drug-likeness (QED) is 0.165. The van der Waals surface area contributed by atoms with Gasteiger partial charge in [0.2, 0.25) is 1.43 Å². The second-order valence-electron chi connectivity index (χ2n) is 2.30. The number of halogens is 14. The third-order valence-corrected chi connectivity index (χ3v) is 0.341. The zero-order valence-corrected chi connectivity index (χ0v) is 72.1. The minimum absolute atomic E-state index is 0. The van der Waals surface area contributed by atoms with Crippen molar-refractivity contribution < 1.29 is 41.1 Å². The van der Waals surface area contributed by atoms with Crippen LogP contribution in [0.25, 0.3) is 11.5 Å². The first kappa shape index (κ1) is 86.0. The molecule has 0 aromatic heterocycles. The second kappa shape index (κ2) is 88.9. The Bertz CT molecular complexity index is 267. The molecule has 38 heavy (non-hydrogen) atoms. The van der Waals surface area contributed by atoms with E-state index in [4.69, 9.17) is 66.5 Å². The van der Waals surface area contributed by atoms with Gasteiger partial charge in [-0.1, -0.05) is 14.9 Å². The Morgan fingerprint density at radius 2 is 0.789 bits per heavy atom. The van der Waals surface area contributed by atoms with Crippen LogP contribution in [0.3, 0.4) is 0 Å². The maximum atomic E-state index is 7.69. The molecule has 6 nitrogen and oxygen atoms in total. The Kier molecular flexibility index (Phi) is 201. The van der Waals surface area contributed by atoms with Crippen LogP contribution in [0, 0.1) is 0 Å². The summed E-state index contributed by atoms with van der Waals surface area (Å²) < 4.78 is 3.89. The third kappa shape index (κ3) is 312. The van der Waals surface area contributed by atoms with E-state index in [9.17, 15) is 0 Å². The van der Waals surface area contributed by atoms with Gasteiger partial charge in [-0.25, -0.2) is 0 Å². The topological polar surface area (TPSA) is 134 Å². The van der Waals surface area contributed by atoms with Crippen LogP contribution in [0.5, 0.6) is 0 Å². The molecule has 0 atom stereocenters. The van der Waals surface area contributed by atoms with Crippen molar-refractivity contribution in [1.29, 1.82) is 1.43 Å². The monoisotopic (exact) mass is 2640 g/mol. The van der Waals surface area contributed by atoms with Gasteiger partial charge < -0.3 is 32.5 Å². The molecule has 0 aromatic rings. The zero-order valence-electron chi connectivity index (χ0n) is 20.7. The molecule has 0 radical (unpaired) electrons. The first-order valence-corrected chi connectivity index (χ1v) is 132. The van der Waals surface area contributed by atoms with Crippen LogP contribution in [0.15, 0.2) is 0 Å². The van der Waals surface area contributed by atoms with Crippen LogP contribution in [0.2, 0.25) is 0 Å². The zero-order chi connectivity index (χ0) is 33.2. The van der Waals surface area contributed by atoms with Crippen LogP contribution in [0.4, 0.5) is 0 Å². The number of hydrogen-bond acceptors (Lipinski definition) is 4. The Hall–Kier alpha value is 20.8. The molecule has 0 spiro atoms. The molecule has 30 heteroatoms. The molecule has 0 unspecified atom stereocenters. The van der Waals surface area contributed by atoms with Gasteiger partial charge in [0, 0.05) is 19.8 Å². The van der Waals surface area contributed by atoms with Crippen LogP contribution < -0.4 is 5.73 Å². The summed E-state index contributed by atoms with van der Waals surface area (Å²) >= 11 is 29.9. The first-order chi connectivity index (χ1) is 16.7. The van der Waals surface area contributed by atoms with Crippen molar-refractivity contribution >= 4 is 421 Å². The standard InChI is InChI=1S/C2H7NO.2C2H6NO.2CH4.4ClH.10HI.6K.4Pt/c3*3-1-2-4;;;;;;;;;;;;;;;;;;;;;;;;;;/h4H,1-3H2;2*3-4H,1-2H2;2*1H4;14*1H;;;;;;;;;;/q;2*-1;;;;;;;;;;;;;;;;;;;;;;;4*+4/p-14/i4D;;;;;;;;;;;;;;;;;;;;;;;;;;;;. The van der Waals surface area contributed by atoms with Gasteiger partial charge in [-0.15, -0.1) is 13.1 Å². The summed E-state index contributed by atoms with van der Waals surface area (Å²) in [5.41, 5.74) is 17.3. The molecule has 0 aliphatic heterocycles. The fourth-order valence-corrected chi connectivity index (χ4v) is 0. The predicted molar refractivity (Wildman–Crippen MR) is 260 cm³/mol. The number of hydrogen-bond donors (Lipinski definition) is 4. The van der Waals surface area contributed by atoms with Crippen LogP contribution in [-0.4, -0.2) is 246 Å². The predicted octanol–water partition coefficient (Wildman–Crippen LogP) is 9.59. The van der Waals surface area contributed by atoms with Gasteiger partial charge in [-0.2, -0.15) is 0 Å². The maximum Gasteiger partial charge on any atom is 0.0241 e. The molecule has 236 valence electrons. The molecule has 0 amide bonds. The Morgan fingerprint density at radius 3 is 0.789 bits per heavy atom. The molecule has 0 saturated carbocycles. The minimum atomic E-state index is -3.06. The van der Waals surface area contributed by atoms with Crippen molar-refractivity contribution in [3.8, 4) is 0 Å². The molecule has 0 fully saturated rings. The van der Waals surface area contributed by atoms with Crippen molar-refractivity contribution in [2.24, 2.45) is 5.73 Å². The number of nitrogens with one attached hydrogen (secondary N) is 2. The maximum absolute atomic E-state index is 7.69. The summed E-state index contributed by atoms with van der Waals surface area (Å²) in [5, 5.41) is 19.2. The van der Waals surface area contributed by atoms with E-state index in [2.05, 4.69) is 199 Å². The van der Waals surface area contributed by atoms with E-state index in [0.717, 1.165) is 0 Å². The molecule has 0 bridgehead atoms. The average molecular weight is 2640 g/mol. The SMILES string of the molecule is C.C.[2H]OCCN.[Cl][Pt]([Cl])([Cl])[Cl].[I][Pt+2][I].[I][Pt]([I])([I])[I].[I][Pt]([I])([I])[I].[K][K].[K][K].[K][K].[NH-]CCO.[NH-]CCO. The average Bonchev–Trinajstić information content (AvgIpc) is 2.76. The van der Waals surface area contributed by atoms with Crippen molar-refractivity contribution in [2.45, 2.75) is 14.9 Å². The summed E-state index contributed by atoms with van der Waals surface area (Å²) in [6, 6.07) is 0. The first-order valence-electron chi connectivity index (χ1n) is 8.62. The largest absolute Gasteiger partial charge is 0.676 e. The number of nitrogens with two attached hydrogens (primary N) is 1. The molecule has 0 aliphatic carbocycles. The van der Waals surface area contributed by atoms with Crippen molar-refractivity contribution in [2.75, 3.05) is 39.5 Å². The second-order valence-corrected chi connectivity index (χ2v) is 238. The molecule has 0 rings (SSSR count). The normalized spacial score (nSPS) is 9.92. The van der Waals surface area contributed by atoms with E-state index in [1.54, 1.807) is 0 Å². The molecular weight excluding hydrogens is 2610 g/mol. The van der Waals surface area contributed by atoms with Gasteiger partial charge in [0.25, 0.3) is 0 Å². The van der Waals surface area contributed by atoms with Gasteiger partial charge in [0.1, 0.15) is 0 Å².